The van der Waals surface area contributed by atoms with Gasteiger partial charge in [0.2, 0.25) is 0 Å². The molecule has 4 heteroatoms. The third kappa shape index (κ3) is 3.30. The van der Waals surface area contributed by atoms with E-state index in [9.17, 15) is 0 Å². The van der Waals surface area contributed by atoms with Gasteiger partial charge in [0.1, 0.15) is 5.75 Å². The largest absolute Gasteiger partial charge is 0.496 e. The zero-order valence-corrected chi connectivity index (χ0v) is 13.0. The fourth-order valence-electron chi connectivity index (χ4n) is 3.07. The smallest absolute Gasteiger partial charge is 0.128 e. The van der Waals surface area contributed by atoms with Gasteiger partial charge in [0.25, 0.3) is 0 Å². The number of aryl methyl sites for hydroxylation is 1. The summed E-state index contributed by atoms with van der Waals surface area (Å²) in [5.74, 6) is 1.53. The zero-order valence-electron chi connectivity index (χ0n) is 13.0. The summed E-state index contributed by atoms with van der Waals surface area (Å²) in [4.78, 5) is 4.61. The number of likely N-dealkylation sites (N-methyl/N-ethyl adjacent to an activating group) is 1. The van der Waals surface area contributed by atoms with Crippen molar-refractivity contribution in [2.75, 3.05) is 27.4 Å². The summed E-state index contributed by atoms with van der Waals surface area (Å²) in [5.41, 5.74) is 3.37. The maximum Gasteiger partial charge on any atom is 0.128 e. The third-order valence-electron chi connectivity index (χ3n) is 4.30. The van der Waals surface area contributed by atoms with Gasteiger partial charge >= 0.3 is 0 Å². The van der Waals surface area contributed by atoms with E-state index in [1.54, 1.807) is 7.11 Å². The Hall–Kier alpha value is -1.13. The minimum Gasteiger partial charge on any atom is -0.496 e. The molecule has 1 aromatic rings. The summed E-state index contributed by atoms with van der Waals surface area (Å²) < 4.78 is 11.1. The Balaban J connectivity index is 2.14. The molecule has 2 heterocycles. The van der Waals surface area contributed by atoms with E-state index in [2.05, 4.69) is 17.2 Å². The van der Waals surface area contributed by atoms with E-state index in [0.29, 0.717) is 12.0 Å². The summed E-state index contributed by atoms with van der Waals surface area (Å²) in [6.07, 6.45) is 5.22. The van der Waals surface area contributed by atoms with Crippen LogP contribution in [0, 0.1) is 19.8 Å². The predicted molar refractivity (Wildman–Crippen MR) is 80.4 cm³/mol. The highest BCUT2D eigenvalue weighted by atomic mass is 16.5. The molecule has 0 bridgehead atoms. The van der Waals surface area contributed by atoms with E-state index in [-0.39, 0.29) is 0 Å². The molecule has 2 rings (SSSR count). The van der Waals surface area contributed by atoms with Crippen LogP contribution < -0.4 is 10.1 Å². The first-order valence-electron chi connectivity index (χ1n) is 7.41. The van der Waals surface area contributed by atoms with E-state index >= 15 is 0 Å². The molecule has 0 aliphatic carbocycles. The van der Waals surface area contributed by atoms with Crippen LogP contribution in [0.3, 0.4) is 0 Å². The lowest BCUT2D eigenvalue weighted by atomic mass is 9.89. The lowest BCUT2D eigenvalue weighted by Crippen LogP contribution is -2.40. The van der Waals surface area contributed by atoms with Crippen LogP contribution in [-0.4, -0.2) is 38.4 Å². The van der Waals surface area contributed by atoms with E-state index < -0.39 is 0 Å². The second kappa shape index (κ2) is 7.04. The molecule has 20 heavy (non-hydrogen) atoms. The molecule has 2 unspecified atom stereocenters. The maximum absolute atomic E-state index is 5.61. The average molecular weight is 278 g/mol. The molecule has 1 aliphatic heterocycles. The minimum absolute atomic E-state index is 0.411. The number of hydrogen-bond donors (Lipinski definition) is 1. The monoisotopic (exact) mass is 278 g/mol. The Labute approximate surface area is 121 Å². The van der Waals surface area contributed by atoms with Crippen LogP contribution in [0.1, 0.15) is 29.7 Å². The Bertz CT molecular complexity index is 442. The number of hydrogen-bond acceptors (Lipinski definition) is 4. The Morgan fingerprint density at radius 1 is 1.50 bits per heavy atom. The quantitative estimate of drug-likeness (QED) is 0.897. The van der Waals surface area contributed by atoms with E-state index in [0.717, 1.165) is 48.6 Å². The highest BCUT2D eigenvalue weighted by Gasteiger charge is 2.24. The van der Waals surface area contributed by atoms with Crippen molar-refractivity contribution in [1.82, 2.24) is 10.3 Å². The predicted octanol–water partition coefficient (Wildman–Crippen LogP) is 2.26. The Morgan fingerprint density at radius 2 is 2.30 bits per heavy atom. The van der Waals surface area contributed by atoms with E-state index in [1.165, 1.54) is 6.42 Å². The summed E-state index contributed by atoms with van der Waals surface area (Å²) in [5, 5.41) is 3.44. The average Bonchev–Trinajstić information content (AvgIpc) is 2.48. The van der Waals surface area contributed by atoms with Crippen molar-refractivity contribution in [3.63, 3.8) is 0 Å². The fourth-order valence-corrected chi connectivity index (χ4v) is 3.07. The molecule has 0 saturated carbocycles. The van der Waals surface area contributed by atoms with Crippen molar-refractivity contribution in [2.45, 2.75) is 39.2 Å². The standard InChI is InChI=1S/C16H26N2O2/c1-11-9-18-14(12(2)16(11)19-4)8-15(17-3)13-6-5-7-20-10-13/h9,13,15,17H,5-8,10H2,1-4H3. The van der Waals surface area contributed by atoms with Crippen LogP contribution in [0.15, 0.2) is 6.20 Å². The molecule has 0 amide bonds. The van der Waals surface area contributed by atoms with Gasteiger partial charge in [0.05, 0.1) is 13.7 Å². The number of pyridine rings is 1. The summed E-state index contributed by atoms with van der Waals surface area (Å²) in [6, 6.07) is 0.411. The van der Waals surface area contributed by atoms with Crippen molar-refractivity contribution in [3.05, 3.63) is 23.0 Å². The molecule has 1 N–H and O–H groups in total. The summed E-state index contributed by atoms with van der Waals surface area (Å²) in [6.45, 7) is 5.89. The summed E-state index contributed by atoms with van der Waals surface area (Å²) >= 11 is 0. The third-order valence-corrected chi connectivity index (χ3v) is 4.30. The SMILES string of the molecule is CNC(Cc1ncc(C)c(OC)c1C)C1CCCOC1. The molecular weight excluding hydrogens is 252 g/mol. The number of aromatic nitrogens is 1. The van der Waals surface area contributed by atoms with Crippen LogP contribution in [0.4, 0.5) is 0 Å². The molecule has 0 spiro atoms. The molecule has 0 radical (unpaired) electrons. The van der Waals surface area contributed by atoms with Gasteiger partial charge in [-0.2, -0.15) is 0 Å². The topological polar surface area (TPSA) is 43.4 Å². The van der Waals surface area contributed by atoms with Gasteiger partial charge in [-0.15, -0.1) is 0 Å². The highest BCUT2D eigenvalue weighted by molar-refractivity contribution is 5.41. The van der Waals surface area contributed by atoms with Gasteiger partial charge in [-0.25, -0.2) is 0 Å². The first kappa shape index (κ1) is 15.3. The fraction of sp³-hybridized carbons (Fsp3) is 0.688. The lowest BCUT2D eigenvalue weighted by Gasteiger charge is -2.30. The Kier molecular flexibility index (Phi) is 5.38. The molecule has 1 fully saturated rings. The highest BCUT2D eigenvalue weighted by Crippen LogP contribution is 2.26. The van der Waals surface area contributed by atoms with Crippen molar-refractivity contribution in [2.24, 2.45) is 5.92 Å². The molecular formula is C16H26N2O2. The van der Waals surface area contributed by atoms with Crippen LogP contribution in [0.25, 0.3) is 0 Å². The molecule has 112 valence electrons. The minimum atomic E-state index is 0.411. The number of ether oxygens (including phenoxy) is 2. The van der Waals surface area contributed by atoms with Gasteiger partial charge in [-0.3, -0.25) is 4.98 Å². The molecule has 1 aliphatic rings. The Morgan fingerprint density at radius 3 is 2.90 bits per heavy atom. The second-order valence-corrected chi connectivity index (χ2v) is 5.62. The van der Waals surface area contributed by atoms with Crippen molar-refractivity contribution in [3.8, 4) is 5.75 Å². The second-order valence-electron chi connectivity index (χ2n) is 5.62. The van der Waals surface area contributed by atoms with Crippen LogP contribution in [-0.2, 0) is 11.2 Å². The van der Waals surface area contributed by atoms with Crippen molar-refractivity contribution in [1.29, 1.82) is 0 Å². The van der Waals surface area contributed by atoms with Crippen LogP contribution in [0.5, 0.6) is 5.75 Å². The molecule has 1 aromatic heterocycles. The number of methoxy groups -OCH3 is 1. The molecule has 2 atom stereocenters. The van der Waals surface area contributed by atoms with Crippen LogP contribution >= 0.6 is 0 Å². The number of nitrogens with one attached hydrogen (secondary N) is 1. The van der Waals surface area contributed by atoms with E-state index in [1.807, 2.05) is 20.2 Å². The normalized spacial score (nSPS) is 20.7. The maximum atomic E-state index is 5.61. The first-order chi connectivity index (χ1) is 9.67. The number of rotatable bonds is 5. The van der Waals surface area contributed by atoms with Gasteiger partial charge < -0.3 is 14.8 Å². The van der Waals surface area contributed by atoms with Crippen molar-refractivity contribution < 1.29 is 9.47 Å². The zero-order chi connectivity index (χ0) is 14.5. The van der Waals surface area contributed by atoms with Gasteiger partial charge in [-0.1, -0.05) is 0 Å². The molecule has 0 aromatic carbocycles. The summed E-state index contributed by atoms with van der Waals surface area (Å²) in [7, 11) is 3.75. The molecule has 1 saturated heterocycles. The van der Waals surface area contributed by atoms with Crippen LogP contribution in [0.2, 0.25) is 0 Å². The molecule has 4 nitrogen and oxygen atoms in total. The van der Waals surface area contributed by atoms with E-state index in [4.69, 9.17) is 9.47 Å². The van der Waals surface area contributed by atoms with Gasteiger partial charge in [0, 0.05) is 42.1 Å². The lowest BCUT2D eigenvalue weighted by molar-refractivity contribution is 0.0403. The van der Waals surface area contributed by atoms with Gasteiger partial charge in [-0.05, 0) is 39.7 Å². The number of nitrogens with zero attached hydrogens (tertiary/aromatic N) is 1. The van der Waals surface area contributed by atoms with Gasteiger partial charge in [0.15, 0.2) is 0 Å². The van der Waals surface area contributed by atoms with Crippen molar-refractivity contribution >= 4 is 0 Å². The first-order valence-corrected chi connectivity index (χ1v) is 7.41.